The van der Waals surface area contributed by atoms with Gasteiger partial charge in [0.1, 0.15) is 6.10 Å². The molecule has 1 amide bonds. The molecule has 126 valence electrons. The van der Waals surface area contributed by atoms with Crippen LogP contribution < -0.4 is 10.0 Å². The minimum absolute atomic E-state index is 0.0258. The molecule has 1 fully saturated rings. The van der Waals surface area contributed by atoms with E-state index >= 15 is 0 Å². The molecule has 23 heavy (non-hydrogen) atoms. The molecule has 0 spiro atoms. The number of amides is 1. The van der Waals surface area contributed by atoms with Crippen molar-refractivity contribution in [1.29, 1.82) is 0 Å². The van der Waals surface area contributed by atoms with Gasteiger partial charge in [-0.2, -0.15) is 0 Å². The van der Waals surface area contributed by atoms with Gasteiger partial charge in [-0.3, -0.25) is 4.79 Å². The predicted molar refractivity (Wildman–Crippen MR) is 80.2 cm³/mol. The van der Waals surface area contributed by atoms with E-state index in [9.17, 15) is 18.0 Å². The average Bonchev–Trinajstić information content (AvgIpc) is 3.02. The van der Waals surface area contributed by atoms with Crippen LogP contribution in [0.4, 0.5) is 0 Å². The number of hydrogen-bond donors (Lipinski definition) is 3. The van der Waals surface area contributed by atoms with Crippen LogP contribution in [0.1, 0.15) is 12.8 Å². The van der Waals surface area contributed by atoms with Crippen LogP contribution in [-0.2, 0) is 24.3 Å². The highest BCUT2D eigenvalue weighted by molar-refractivity contribution is 7.89. The Bertz CT molecular complexity index is 661. The van der Waals surface area contributed by atoms with E-state index in [1.165, 1.54) is 12.1 Å². The van der Waals surface area contributed by atoms with Crippen molar-refractivity contribution in [2.75, 3.05) is 13.1 Å². The first-order valence-electron chi connectivity index (χ1n) is 7.11. The van der Waals surface area contributed by atoms with Gasteiger partial charge in [0.05, 0.1) is 4.90 Å². The van der Waals surface area contributed by atoms with Gasteiger partial charge in [0, 0.05) is 13.1 Å². The lowest BCUT2D eigenvalue weighted by Gasteiger charge is -2.12. The van der Waals surface area contributed by atoms with Gasteiger partial charge >= 0.3 is 5.97 Å². The molecule has 0 saturated carbocycles. The lowest BCUT2D eigenvalue weighted by Crippen LogP contribution is -2.40. The molecule has 2 atom stereocenters. The number of nitrogens with one attached hydrogen (secondary N) is 2. The van der Waals surface area contributed by atoms with Crippen molar-refractivity contribution in [3.8, 4) is 0 Å². The maximum atomic E-state index is 11.9. The Morgan fingerprint density at radius 1 is 1.13 bits per heavy atom. The highest BCUT2D eigenvalue weighted by Crippen LogP contribution is 2.19. The van der Waals surface area contributed by atoms with Crippen LogP contribution in [0.15, 0.2) is 35.2 Å². The van der Waals surface area contributed by atoms with Gasteiger partial charge in [-0.25, -0.2) is 17.9 Å². The fourth-order valence-electron chi connectivity index (χ4n) is 2.18. The molecule has 1 aliphatic rings. The van der Waals surface area contributed by atoms with E-state index in [0.29, 0.717) is 6.42 Å². The van der Waals surface area contributed by atoms with E-state index in [1.54, 1.807) is 18.2 Å². The molecule has 2 rings (SSSR count). The summed E-state index contributed by atoms with van der Waals surface area (Å²) in [6.45, 7) is 0.112. The summed E-state index contributed by atoms with van der Waals surface area (Å²) in [6.07, 6.45) is -1.14. The van der Waals surface area contributed by atoms with E-state index < -0.39 is 34.1 Å². The van der Waals surface area contributed by atoms with Gasteiger partial charge in [-0.05, 0) is 25.0 Å². The number of carboxylic acid groups (broad SMARTS) is 1. The Balaban J connectivity index is 1.73. The minimum Gasteiger partial charge on any atom is -0.479 e. The predicted octanol–water partition coefficient (Wildman–Crippen LogP) is -0.287. The topological polar surface area (TPSA) is 122 Å². The Morgan fingerprint density at radius 2 is 1.78 bits per heavy atom. The molecule has 9 heteroatoms. The zero-order valence-electron chi connectivity index (χ0n) is 12.3. The van der Waals surface area contributed by atoms with Crippen LogP contribution in [-0.4, -0.2) is 50.7 Å². The average molecular weight is 342 g/mol. The monoisotopic (exact) mass is 342 g/mol. The number of ether oxygens (including phenoxy) is 1. The van der Waals surface area contributed by atoms with Gasteiger partial charge in [0.2, 0.25) is 15.9 Å². The van der Waals surface area contributed by atoms with Crippen LogP contribution in [0.25, 0.3) is 0 Å². The normalized spacial score (nSPS) is 21.0. The number of rotatable bonds is 7. The lowest BCUT2D eigenvalue weighted by molar-refractivity contribution is -0.151. The molecule has 3 N–H and O–H groups in total. The number of carbonyl (C=O) groups excluding carboxylic acids is 1. The molecule has 0 aromatic heterocycles. The Labute approximate surface area is 133 Å². The quantitative estimate of drug-likeness (QED) is 0.586. The number of carbonyl (C=O) groups is 2. The van der Waals surface area contributed by atoms with E-state index in [0.717, 1.165) is 0 Å². The van der Waals surface area contributed by atoms with Gasteiger partial charge in [0.15, 0.2) is 6.10 Å². The third-order valence-corrected chi connectivity index (χ3v) is 4.83. The molecule has 0 unspecified atom stereocenters. The summed E-state index contributed by atoms with van der Waals surface area (Å²) in [4.78, 5) is 22.7. The maximum absolute atomic E-state index is 11.9. The molecule has 8 nitrogen and oxygen atoms in total. The fraction of sp³-hybridized carbons (Fsp3) is 0.429. The lowest BCUT2D eigenvalue weighted by atomic mass is 10.2. The van der Waals surface area contributed by atoms with Crippen molar-refractivity contribution >= 4 is 21.9 Å². The molecular formula is C14H18N2O6S. The largest absolute Gasteiger partial charge is 0.479 e. The molecular weight excluding hydrogens is 324 g/mol. The molecule has 0 aliphatic carbocycles. The third kappa shape index (κ3) is 4.75. The van der Waals surface area contributed by atoms with Crippen LogP contribution in [0.5, 0.6) is 0 Å². The molecule has 0 radical (unpaired) electrons. The maximum Gasteiger partial charge on any atom is 0.332 e. The van der Waals surface area contributed by atoms with E-state index in [1.807, 2.05) is 0 Å². The zero-order chi connectivity index (χ0) is 16.9. The second kappa shape index (κ2) is 7.53. The van der Waals surface area contributed by atoms with Crippen molar-refractivity contribution in [3.05, 3.63) is 30.3 Å². The first-order valence-corrected chi connectivity index (χ1v) is 8.59. The smallest absolute Gasteiger partial charge is 0.332 e. The standard InChI is InChI=1S/C14H18N2O6S/c17-13(11-6-7-12(22-11)14(18)19)15-8-9-16-23(20,21)10-4-2-1-3-5-10/h1-5,11-12,16H,6-9H2,(H,15,17)(H,18,19)/t11-,12+/m0/s1. The van der Waals surface area contributed by atoms with Crippen LogP contribution in [0.2, 0.25) is 0 Å². The van der Waals surface area contributed by atoms with Gasteiger partial charge < -0.3 is 15.2 Å². The highest BCUT2D eigenvalue weighted by Gasteiger charge is 2.34. The second-order valence-electron chi connectivity index (χ2n) is 5.03. The molecule has 1 aromatic carbocycles. The summed E-state index contributed by atoms with van der Waals surface area (Å²) in [5.41, 5.74) is 0. The van der Waals surface area contributed by atoms with Crippen LogP contribution >= 0.6 is 0 Å². The Hall–Kier alpha value is -1.97. The van der Waals surface area contributed by atoms with Gasteiger partial charge in [0.25, 0.3) is 0 Å². The molecule has 1 aliphatic heterocycles. The molecule has 1 heterocycles. The van der Waals surface area contributed by atoms with E-state index in [2.05, 4.69) is 10.0 Å². The second-order valence-corrected chi connectivity index (χ2v) is 6.80. The van der Waals surface area contributed by atoms with Gasteiger partial charge in [-0.15, -0.1) is 0 Å². The van der Waals surface area contributed by atoms with Gasteiger partial charge in [-0.1, -0.05) is 18.2 Å². The van der Waals surface area contributed by atoms with Crippen molar-refractivity contribution in [3.63, 3.8) is 0 Å². The summed E-state index contributed by atoms with van der Waals surface area (Å²) in [7, 11) is -3.61. The molecule has 0 bridgehead atoms. The Kier molecular flexibility index (Phi) is 5.69. The SMILES string of the molecule is O=C(NCCNS(=O)(=O)c1ccccc1)[C@@H]1CC[C@H](C(=O)O)O1. The number of sulfonamides is 1. The van der Waals surface area contributed by atoms with E-state index in [-0.39, 0.29) is 24.4 Å². The summed E-state index contributed by atoms with van der Waals surface area (Å²) in [6, 6.07) is 7.89. The molecule has 1 saturated heterocycles. The number of aliphatic carboxylic acids is 1. The summed E-state index contributed by atoms with van der Waals surface area (Å²) in [5.74, 6) is -1.52. The summed E-state index contributed by atoms with van der Waals surface area (Å²) >= 11 is 0. The van der Waals surface area contributed by atoms with Crippen molar-refractivity contribution in [2.45, 2.75) is 29.9 Å². The van der Waals surface area contributed by atoms with E-state index in [4.69, 9.17) is 9.84 Å². The van der Waals surface area contributed by atoms with Crippen molar-refractivity contribution in [2.24, 2.45) is 0 Å². The summed E-state index contributed by atoms with van der Waals surface area (Å²) < 4.78 is 31.3. The highest BCUT2D eigenvalue weighted by atomic mass is 32.2. The van der Waals surface area contributed by atoms with Crippen LogP contribution in [0.3, 0.4) is 0 Å². The minimum atomic E-state index is -3.61. The first-order chi connectivity index (χ1) is 10.9. The number of carboxylic acids is 1. The Morgan fingerprint density at radius 3 is 2.39 bits per heavy atom. The van der Waals surface area contributed by atoms with Crippen molar-refractivity contribution < 1.29 is 27.9 Å². The number of benzene rings is 1. The molecule has 1 aromatic rings. The van der Waals surface area contributed by atoms with Crippen molar-refractivity contribution in [1.82, 2.24) is 10.0 Å². The first kappa shape index (κ1) is 17.4. The number of hydrogen-bond acceptors (Lipinski definition) is 5. The summed E-state index contributed by atoms with van der Waals surface area (Å²) in [5, 5.41) is 11.3. The van der Waals surface area contributed by atoms with Crippen LogP contribution in [0, 0.1) is 0 Å². The third-order valence-electron chi connectivity index (χ3n) is 3.36. The fourth-order valence-corrected chi connectivity index (χ4v) is 3.23. The zero-order valence-corrected chi connectivity index (χ0v) is 13.1.